The summed E-state index contributed by atoms with van der Waals surface area (Å²) in [6.07, 6.45) is 0.212. The molecule has 7 nitrogen and oxygen atoms in total. The monoisotopic (exact) mass is 376 g/mol. The van der Waals surface area contributed by atoms with Crippen molar-refractivity contribution < 1.29 is 14.3 Å². The molecule has 1 aliphatic rings. The van der Waals surface area contributed by atoms with Crippen molar-refractivity contribution in [3.8, 4) is 5.75 Å². The molecule has 0 saturated carbocycles. The van der Waals surface area contributed by atoms with Gasteiger partial charge in [-0.2, -0.15) is 0 Å². The summed E-state index contributed by atoms with van der Waals surface area (Å²) in [6.45, 7) is 7.32. The van der Waals surface area contributed by atoms with Crippen molar-refractivity contribution >= 4 is 17.6 Å². The molecule has 0 aliphatic carbocycles. The lowest BCUT2D eigenvalue weighted by Crippen LogP contribution is -2.41. The first-order chi connectivity index (χ1) is 12.7. The summed E-state index contributed by atoms with van der Waals surface area (Å²) in [4.78, 5) is 28.4. The summed E-state index contributed by atoms with van der Waals surface area (Å²) in [7, 11) is 5.85. The van der Waals surface area contributed by atoms with Gasteiger partial charge in [0.15, 0.2) is 0 Å². The van der Waals surface area contributed by atoms with Crippen LogP contribution in [0.3, 0.4) is 0 Å². The summed E-state index contributed by atoms with van der Waals surface area (Å²) >= 11 is 0. The lowest BCUT2D eigenvalue weighted by atomic mass is 10.0. The number of hydrogen-bond donors (Lipinski definition) is 2. The molecule has 150 valence electrons. The molecule has 0 fully saturated rings. The van der Waals surface area contributed by atoms with Crippen LogP contribution < -0.4 is 15.4 Å². The Morgan fingerprint density at radius 1 is 1.37 bits per heavy atom. The van der Waals surface area contributed by atoms with Crippen LogP contribution in [0.25, 0.3) is 0 Å². The molecule has 3 amide bonds. The zero-order chi connectivity index (χ0) is 20.1. The maximum atomic E-state index is 12.6. The van der Waals surface area contributed by atoms with Gasteiger partial charge in [-0.25, -0.2) is 4.79 Å². The Morgan fingerprint density at radius 3 is 2.70 bits per heavy atom. The number of carbonyl (C=O) groups is 2. The minimum absolute atomic E-state index is 0.0323. The smallest absolute Gasteiger partial charge is 0.319 e. The number of fused-ring (bicyclic) bond motifs is 1. The first-order valence-corrected chi connectivity index (χ1v) is 9.41. The van der Waals surface area contributed by atoms with E-state index in [1.165, 1.54) is 0 Å². The molecular formula is C20H32N4O3. The zero-order valence-electron chi connectivity index (χ0n) is 17.2. The number of nitrogens with zero attached hydrogens (tertiary/aromatic N) is 2. The Morgan fingerprint density at radius 2 is 2.07 bits per heavy atom. The number of benzene rings is 1. The Hall–Kier alpha value is -2.28. The van der Waals surface area contributed by atoms with Crippen molar-refractivity contribution in [2.75, 3.05) is 39.5 Å². The number of nitrogens with one attached hydrogen (secondary N) is 2. The fourth-order valence-electron chi connectivity index (χ4n) is 3.15. The molecule has 0 spiro atoms. The lowest BCUT2D eigenvalue weighted by Gasteiger charge is -2.29. The van der Waals surface area contributed by atoms with Gasteiger partial charge >= 0.3 is 6.03 Å². The number of carbonyl (C=O) groups excluding carboxylic acids is 2. The van der Waals surface area contributed by atoms with Gasteiger partial charge in [-0.1, -0.05) is 6.92 Å². The molecule has 2 rings (SSSR count). The molecule has 1 heterocycles. The number of rotatable bonds is 4. The predicted molar refractivity (Wildman–Crippen MR) is 107 cm³/mol. The number of amides is 3. The van der Waals surface area contributed by atoms with Crippen LogP contribution in [0.1, 0.15) is 26.3 Å². The zero-order valence-corrected chi connectivity index (χ0v) is 17.2. The highest BCUT2D eigenvalue weighted by molar-refractivity contribution is 5.90. The van der Waals surface area contributed by atoms with Crippen LogP contribution in [-0.4, -0.2) is 68.1 Å². The molecule has 0 aromatic heterocycles. The molecule has 27 heavy (non-hydrogen) atoms. The minimum Gasteiger partial charge on any atom is -0.488 e. The first-order valence-electron chi connectivity index (χ1n) is 9.41. The maximum Gasteiger partial charge on any atom is 0.319 e. The summed E-state index contributed by atoms with van der Waals surface area (Å²) in [5.41, 5.74) is 1.43. The third-order valence-electron chi connectivity index (χ3n) is 4.53. The molecule has 0 saturated heterocycles. The Labute approximate surface area is 162 Å². The molecule has 0 radical (unpaired) electrons. The van der Waals surface area contributed by atoms with Crippen LogP contribution in [0.5, 0.6) is 5.75 Å². The Kier molecular flexibility index (Phi) is 7.07. The Balaban J connectivity index is 2.29. The van der Waals surface area contributed by atoms with Gasteiger partial charge < -0.3 is 25.2 Å². The summed E-state index contributed by atoms with van der Waals surface area (Å²) in [5.74, 6) is 0.940. The maximum absolute atomic E-state index is 12.6. The molecule has 1 aliphatic heterocycles. The van der Waals surface area contributed by atoms with Crippen LogP contribution in [0.15, 0.2) is 18.2 Å². The van der Waals surface area contributed by atoms with E-state index in [0.29, 0.717) is 18.0 Å². The number of anilines is 1. The van der Waals surface area contributed by atoms with Gasteiger partial charge in [-0.3, -0.25) is 4.79 Å². The van der Waals surface area contributed by atoms with Crippen LogP contribution in [0.2, 0.25) is 0 Å². The SMILES string of the molecule is CC(C)NC(=O)Nc1ccc2c(c1)CC(=O)N(C)C[C@H](C)[C@@H](CN(C)C)O2. The highest BCUT2D eigenvalue weighted by atomic mass is 16.5. The summed E-state index contributed by atoms with van der Waals surface area (Å²) in [5, 5.41) is 5.61. The second kappa shape index (κ2) is 9.08. The van der Waals surface area contributed by atoms with Crippen LogP contribution in [-0.2, 0) is 11.2 Å². The minimum atomic E-state index is -0.267. The number of hydrogen-bond acceptors (Lipinski definition) is 4. The van der Waals surface area contributed by atoms with Gasteiger partial charge in [0, 0.05) is 43.3 Å². The quantitative estimate of drug-likeness (QED) is 0.845. The highest BCUT2D eigenvalue weighted by Crippen LogP contribution is 2.28. The summed E-state index contributed by atoms with van der Waals surface area (Å²) < 4.78 is 6.31. The Bertz CT molecular complexity index is 675. The number of ether oxygens (including phenoxy) is 1. The van der Waals surface area contributed by atoms with Crippen molar-refractivity contribution in [2.24, 2.45) is 5.92 Å². The number of urea groups is 1. The number of likely N-dealkylation sites (N-methyl/N-ethyl adjacent to an activating group) is 2. The van der Waals surface area contributed by atoms with Crippen molar-refractivity contribution in [2.45, 2.75) is 39.3 Å². The van der Waals surface area contributed by atoms with Gasteiger partial charge in [0.25, 0.3) is 0 Å². The van der Waals surface area contributed by atoms with Crippen LogP contribution in [0.4, 0.5) is 10.5 Å². The predicted octanol–water partition coefficient (Wildman–Crippen LogP) is 2.18. The molecule has 0 bridgehead atoms. The van der Waals surface area contributed by atoms with E-state index in [-0.39, 0.29) is 36.4 Å². The van der Waals surface area contributed by atoms with Gasteiger partial charge in [0.2, 0.25) is 5.91 Å². The molecule has 0 unspecified atom stereocenters. The van der Waals surface area contributed by atoms with E-state index >= 15 is 0 Å². The van der Waals surface area contributed by atoms with E-state index in [1.54, 1.807) is 4.90 Å². The van der Waals surface area contributed by atoms with Gasteiger partial charge in [-0.05, 0) is 46.1 Å². The molecular weight excluding hydrogens is 344 g/mol. The van der Waals surface area contributed by atoms with Crippen molar-refractivity contribution in [1.29, 1.82) is 0 Å². The van der Waals surface area contributed by atoms with Crippen LogP contribution in [0, 0.1) is 5.92 Å². The largest absolute Gasteiger partial charge is 0.488 e. The molecule has 7 heteroatoms. The average Bonchev–Trinajstić information content (AvgIpc) is 2.57. The lowest BCUT2D eigenvalue weighted by molar-refractivity contribution is -0.129. The highest BCUT2D eigenvalue weighted by Gasteiger charge is 2.27. The van der Waals surface area contributed by atoms with Crippen molar-refractivity contribution in [3.05, 3.63) is 23.8 Å². The summed E-state index contributed by atoms with van der Waals surface area (Å²) in [6, 6.07) is 5.25. The van der Waals surface area contributed by atoms with Crippen molar-refractivity contribution in [3.63, 3.8) is 0 Å². The first kappa shape index (κ1) is 21.0. The topological polar surface area (TPSA) is 73.9 Å². The molecule has 1 aromatic carbocycles. The molecule has 2 N–H and O–H groups in total. The van der Waals surface area contributed by atoms with Crippen molar-refractivity contribution in [1.82, 2.24) is 15.1 Å². The van der Waals surface area contributed by atoms with Gasteiger partial charge in [0.05, 0.1) is 6.42 Å². The van der Waals surface area contributed by atoms with E-state index in [9.17, 15) is 9.59 Å². The van der Waals surface area contributed by atoms with E-state index in [0.717, 1.165) is 12.1 Å². The van der Waals surface area contributed by atoms with E-state index in [4.69, 9.17) is 4.74 Å². The normalized spacial score (nSPS) is 20.4. The average molecular weight is 377 g/mol. The van der Waals surface area contributed by atoms with Gasteiger partial charge in [0.1, 0.15) is 11.9 Å². The second-order valence-corrected chi connectivity index (χ2v) is 7.92. The van der Waals surface area contributed by atoms with Gasteiger partial charge in [-0.15, -0.1) is 0 Å². The van der Waals surface area contributed by atoms with E-state index in [1.807, 2.05) is 53.2 Å². The second-order valence-electron chi connectivity index (χ2n) is 7.92. The fourth-order valence-corrected chi connectivity index (χ4v) is 3.15. The standard InChI is InChI=1S/C20H32N4O3/c1-13(2)21-20(26)22-16-7-8-17-15(9-16)10-19(25)24(6)11-14(3)18(27-17)12-23(4)5/h7-9,13-14,18H,10-12H2,1-6H3,(H2,21,22,26)/t14-,18+/m0/s1. The molecule has 1 aromatic rings. The third-order valence-corrected chi connectivity index (χ3v) is 4.53. The van der Waals surface area contributed by atoms with E-state index < -0.39 is 0 Å². The molecule has 2 atom stereocenters. The third kappa shape index (κ3) is 6.13. The van der Waals surface area contributed by atoms with Crippen LogP contribution >= 0.6 is 0 Å². The fraction of sp³-hybridized carbons (Fsp3) is 0.600. The van der Waals surface area contributed by atoms with E-state index in [2.05, 4.69) is 22.5 Å².